The summed E-state index contributed by atoms with van der Waals surface area (Å²) in [5, 5.41) is 4.99. The number of nitrogens with one attached hydrogen (secondary N) is 2. The summed E-state index contributed by atoms with van der Waals surface area (Å²) >= 11 is 0. The lowest BCUT2D eigenvalue weighted by molar-refractivity contribution is -0.123. The fourth-order valence-electron chi connectivity index (χ4n) is 1.19. The maximum atomic E-state index is 11.5. The van der Waals surface area contributed by atoms with Gasteiger partial charge in [0.1, 0.15) is 5.75 Å². The number of rotatable bonds is 5. The molecular weight excluding hydrogens is 258 g/mol. The Labute approximate surface area is 111 Å². The van der Waals surface area contributed by atoms with E-state index < -0.39 is 0 Å². The van der Waals surface area contributed by atoms with Gasteiger partial charge in [-0.05, 0) is 12.1 Å². The van der Waals surface area contributed by atoms with Crippen LogP contribution < -0.4 is 21.1 Å². The molecule has 0 spiro atoms. The van der Waals surface area contributed by atoms with Crippen LogP contribution in [0.25, 0.3) is 0 Å². The van der Waals surface area contributed by atoms with E-state index in [4.69, 9.17) is 10.5 Å². The van der Waals surface area contributed by atoms with E-state index in [9.17, 15) is 9.59 Å². The summed E-state index contributed by atoms with van der Waals surface area (Å²) in [5.74, 6) is -0.150. The van der Waals surface area contributed by atoms with Gasteiger partial charge in [0, 0.05) is 0 Å². The Morgan fingerprint density at radius 3 is 2.56 bits per heavy atom. The SMILES string of the molecule is COc1ccccc1NC(=O)CNC(=O)CN.Cl. The van der Waals surface area contributed by atoms with Gasteiger partial charge in [-0.15, -0.1) is 12.4 Å². The average Bonchev–Trinajstić information content (AvgIpc) is 2.36. The van der Waals surface area contributed by atoms with Crippen molar-refractivity contribution in [1.82, 2.24) is 5.32 Å². The van der Waals surface area contributed by atoms with E-state index >= 15 is 0 Å². The molecule has 0 radical (unpaired) electrons. The summed E-state index contributed by atoms with van der Waals surface area (Å²) in [6.45, 7) is -0.254. The van der Waals surface area contributed by atoms with Crippen molar-refractivity contribution >= 4 is 29.9 Å². The van der Waals surface area contributed by atoms with Crippen molar-refractivity contribution in [1.29, 1.82) is 0 Å². The molecule has 18 heavy (non-hydrogen) atoms. The van der Waals surface area contributed by atoms with E-state index in [1.54, 1.807) is 24.3 Å². The molecule has 0 aliphatic carbocycles. The second kappa shape index (κ2) is 8.32. The van der Waals surface area contributed by atoms with Crippen molar-refractivity contribution in [3.05, 3.63) is 24.3 Å². The number of anilines is 1. The number of hydrogen-bond donors (Lipinski definition) is 3. The zero-order chi connectivity index (χ0) is 12.7. The Hall–Kier alpha value is -1.79. The fourth-order valence-corrected chi connectivity index (χ4v) is 1.19. The smallest absolute Gasteiger partial charge is 0.243 e. The van der Waals surface area contributed by atoms with E-state index in [0.29, 0.717) is 11.4 Å². The van der Waals surface area contributed by atoms with Gasteiger partial charge in [-0.25, -0.2) is 0 Å². The molecule has 1 aromatic rings. The van der Waals surface area contributed by atoms with Crippen LogP contribution in [0.3, 0.4) is 0 Å². The number of hydrogen-bond acceptors (Lipinski definition) is 4. The maximum absolute atomic E-state index is 11.5. The molecule has 0 aromatic heterocycles. The normalized spacial score (nSPS) is 9.00. The standard InChI is InChI=1S/C11H15N3O3.ClH/c1-17-9-5-3-2-4-8(9)14-11(16)7-13-10(15)6-12;/h2-5H,6-7,12H2,1H3,(H,13,15)(H,14,16);1H. The predicted octanol–water partition coefficient (Wildman–Crippen LogP) is 0.130. The molecule has 100 valence electrons. The number of ether oxygens (including phenoxy) is 1. The summed E-state index contributed by atoms with van der Waals surface area (Å²) in [7, 11) is 1.52. The molecule has 1 aromatic carbocycles. The van der Waals surface area contributed by atoms with Crippen LogP contribution in [0.4, 0.5) is 5.69 Å². The number of amides is 2. The Morgan fingerprint density at radius 1 is 1.28 bits per heavy atom. The second-order valence-corrected chi connectivity index (χ2v) is 3.23. The Kier molecular flexibility index (Phi) is 7.50. The van der Waals surface area contributed by atoms with E-state index in [1.165, 1.54) is 7.11 Å². The van der Waals surface area contributed by atoms with Crippen LogP contribution in [0.15, 0.2) is 24.3 Å². The van der Waals surface area contributed by atoms with Crippen LogP contribution in [-0.2, 0) is 9.59 Å². The van der Waals surface area contributed by atoms with Crippen molar-refractivity contribution < 1.29 is 14.3 Å². The van der Waals surface area contributed by atoms with E-state index in [1.807, 2.05) is 0 Å². The zero-order valence-corrected chi connectivity index (χ0v) is 10.8. The van der Waals surface area contributed by atoms with Crippen LogP contribution >= 0.6 is 12.4 Å². The average molecular weight is 274 g/mol. The van der Waals surface area contributed by atoms with Gasteiger partial charge in [-0.2, -0.15) is 0 Å². The molecule has 0 heterocycles. The van der Waals surface area contributed by atoms with Crippen molar-refractivity contribution in [2.45, 2.75) is 0 Å². The molecule has 6 nitrogen and oxygen atoms in total. The maximum Gasteiger partial charge on any atom is 0.243 e. The van der Waals surface area contributed by atoms with Crippen molar-refractivity contribution in [3.63, 3.8) is 0 Å². The first-order valence-corrected chi connectivity index (χ1v) is 5.07. The quantitative estimate of drug-likeness (QED) is 0.711. The molecule has 1 rings (SSSR count). The molecule has 2 amide bonds. The highest BCUT2D eigenvalue weighted by Gasteiger charge is 2.07. The van der Waals surface area contributed by atoms with Crippen LogP contribution in [0, 0.1) is 0 Å². The Morgan fingerprint density at radius 2 is 1.94 bits per heavy atom. The highest BCUT2D eigenvalue weighted by molar-refractivity contribution is 5.95. The molecule has 0 atom stereocenters. The van der Waals surface area contributed by atoms with Gasteiger partial charge in [0.2, 0.25) is 11.8 Å². The lowest BCUT2D eigenvalue weighted by atomic mass is 10.3. The van der Waals surface area contributed by atoms with Gasteiger partial charge in [0.05, 0.1) is 25.9 Å². The molecule has 4 N–H and O–H groups in total. The lowest BCUT2D eigenvalue weighted by Gasteiger charge is -2.09. The molecule has 0 saturated carbocycles. The molecule has 0 saturated heterocycles. The van der Waals surface area contributed by atoms with Crippen LogP contribution in [-0.4, -0.2) is 32.0 Å². The number of para-hydroxylation sites is 2. The summed E-state index contributed by atoms with van der Waals surface area (Å²) in [4.78, 5) is 22.3. The van der Waals surface area contributed by atoms with Crippen molar-refractivity contribution in [3.8, 4) is 5.75 Å². The highest BCUT2D eigenvalue weighted by Crippen LogP contribution is 2.22. The molecule has 0 fully saturated rings. The number of carbonyl (C=O) groups excluding carboxylic acids is 2. The van der Waals surface area contributed by atoms with Crippen LogP contribution in [0.2, 0.25) is 0 Å². The number of halogens is 1. The zero-order valence-electron chi connectivity index (χ0n) is 9.93. The number of benzene rings is 1. The summed E-state index contributed by atoms with van der Waals surface area (Å²) in [5.41, 5.74) is 5.65. The van der Waals surface area contributed by atoms with E-state index in [0.717, 1.165) is 0 Å². The van der Waals surface area contributed by atoms with Crippen molar-refractivity contribution in [2.75, 3.05) is 25.5 Å². The first-order valence-electron chi connectivity index (χ1n) is 5.07. The van der Waals surface area contributed by atoms with Gasteiger partial charge in [0.15, 0.2) is 0 Å². The van der Waals surface area contributed by atoms with Crippen molar-refractivity contribution in [2.24, 2.45) is 5.73 Å². The van der Waals surface area contributed by atoms with Gasteiger partial charge in [-0.3, -0.25) is 9.59 Å². The third kappa shape index (κ3) is 5.03. The minimum atomic E-state index is -0.375. The molecular formula is C11H16ClN3O3. The summed E-state index contributed by atoms with van der Waals surface area (Å²) < 4.78 is 5.07. The number of nitrogens with two attached hydrogens (primary N) is 1. The van der Waals surface area contributed by atoms with Crippen LogP contribution in [0.5, 0.6) is 5.75 Å². The molecule has 0 aliphatic heterocycles. The second-order valence-electron chi connectivity index (χ2n) is 3.23. The lowest BCUT2D eigenvalue weighted by Crippen LogP contribution is -2.36. The van der Waals surface area contributed by atoms with E-state index in [-0.39, 0.29) is 37.3 Å². The van der Waals surface area contributed by atoms with Gasteiger partial charge >= 0.3 is 0 Å². The monoisotopic (exact) mass is 273 g/mol. The predicted molar refractivity (Wildman–Crippen MR) is 70.9 cm³/mol. The van der Waals surface area contributed by atoms with Gasteiger partial charge in [-0.1, -0.05) is 12.1 Å². The summed E-state index contributed by atoms with van der Waals surface area (Å²) in [6.07, 6.45) is 0. The summed E-state index contributed by atoms with van der Waals surface area (Å²) in [6, 6.07) is 7.01. The minimum absolute atomic E-state index is 0. The first kappa shape index (κ1) is 16.2. The highest BCUT2D eigenvalue weighted by atomic mass is 35.5. The van der Waals surface area contributed by atoms with Crippen LogP contribution in [0.1, 0.15) is 0 Å². The Balaban J connectivity index is 0.00000289. The third-order valence-corrected chi connectivity index (χ3v) is 2.01. The Bertz CT molecular complexity index is 412. The molecule has 0 bridgehead atoms. The van der Waals surface area contributed by atoms with Gasteiger partial charge in [0.25, 0.3) is 0 Å². The fraction of sp³-hybridized carbons (Fsp3) is 0.273. The largest absolute Gasteiger partial charge is 0.495 e. The van der Waals surface area contributed by atoms with E-state index in [2.05, 4.69) is 10.6 Å². The topological polar surface area (TPSA) is 93.5 Å². The first-order chi connectivity index (χ1) is 8.17. The number of methoxy groups -OCH3 is 1. The minimum Gasteiger partial charge on any atom is -0.495 e. The molecule has 0 unspecified atom stereocenters. The van der Waals surface area contributed by atoms with Gasteiger partial charge < -0.3 is 21.1 Å². The number of carbonyl (C=O) groups is 2. The molecule has 7 heteroatoms. The third-order valence-electron chi connectivity index (χ3n) is 2.01. The molecule has 0 aliphatic rings.